The van der Waals surface area contributed by atoms with Crippen LogP contribution in [0.15, 0.2) is 24.3 Å². The molecular formula is C15H20F3NO. The maximum atomic E-state index is 12.0. The van der Waals surface area contributed by atoms with Gasteiger partial charge in [-0.25, -0.2) is 0 Å². The highest BCUT2D eigenvalue weighted by Crippen LogP contribution is 2.31. The summed E-state index contributed by atoms with van der Waals surface area (Å²) >= 11 is 0. The average Bonchev–Trinajstić information content (AvgIpc) is 2.68. The van der Waals surface area contributed by atoms with Crippen molar-refractivity contribution in [1.82, 2.24) is 5.32 Å². The van der Waals surface area contributed by atoms with Crippen LogP contribution in [0, 0.1) is 11.8 Å². The lowest BCUT2D eigenvalue weighted by Crippen LogP contribution is -2.31. The minimum atomic E-state index is -4.63. The van der Waals surface area contributed by atoms with Crippen LogP contribution in [0.2, 0.25) is 0 Å². The van der Waals surface area contributed by atoms with Crippen molar-refractivity contribution in [3.8, 4) is 5.75 Å². The zero-order chi connectivity index (χ0) is 14.8. The Morgan fingerprint density at radius 2 is 1.80 bits per heavy atom. The molecule has 0 saturated heterocycles. The average molecular weight is 287 g/mol. The van der Waals surface area contributed by atoms with Gasteiger partial charge in [0, 0.05) is 12.6 Å². The fourth-order valence-electron chi connectivity index (χ4n) is 2.71. The quantitative estimate of drug-likeness (QED) is 0.900. The third-order valence-electron chi connectivity index (χ3n) is 4.19. The molecule has 1 aliphatic rings. The number of alkyl halides is 3. The number of hydrogen-bond donors (Lipinski definition) is 1. The predicted octanol–water partition coefficient (Wildman–Crippen LogP) is 4.11. The number of halogens is 3. The molecular weight excluding hydrogens is 267 g/mol. The van der Waals surface area contributed by atoms with Gasteiger partial charge in [0.05, 0.1) is 0 Å². The lowest BCUT2D eigenvalue weighted by molar-refractivity contribution is -0.274. The summed E-state index contributed by atoms with van der Waals surface area (Å²) in [5.74, 6) is 1.20. The van der Waals surface area contributed by atoms with E-state index in [0.29, 0.717) is 18.5 Å². The van der Waals surface area contributed by atoms with Crippen LogP contribution in [-0.2, 0) is 6.54 Å². The second-order valence-electron chi connectivity index (χ2n) is 5.59. The fraction of sp³-hybridized carbons (Fsp3) is 0.600. The van der Waals surface area contributed by atoms with Crippen LogP contribution in [0.4, 0.5) is 13.2 Å². The van der Waals surface area contributed by atoms with Crippen molar-refractivity contribution in [2.45, 2.75) is 45.6 Å². The number of nitrogens with one attached hydrogen (secondary N) is 1. The van der Waals surface area contributed by atoms with Crippen molar-refractivity contribution in [2.24, 2.45) is 11.8 Å². The van der Waals surface area contributed by atoms with E-state index in [-0.39, 0.29) is 5.75 Å². The summed E-state index contributed by atoms with van der Waals surface area (Å²) in [5, 5.41) is 3.48. The highest BCUT2D eigenvalue weighted by Gasteiger charge is 2.31. The third kappa shape index (κ3) is 4.13. The molecule has 1 saturated carbocycles. The van der Waals surface area contributed by atoms with Crippen LogP contribution in [0.1, 0.15) is 32.3 Å². The van der Waals surface area contributed by atoms with Gasteiger partial charge in [-0.3, -0.25) is 0 Å². The Morgan fingerprint density at radius 1 is 1.15 bits per heavy atom. The highest BCUT2D eigenvalue weighted by molar-refractivity contribution is 5.27. The van der Waals surface area contributed by atoms with Gasteiger partial charge in [0.25, 0.3) is 0 Å². The van der Waals surface area contributed by atoms with E-state index in [1.165, 1.54) is 18.6 Å². The number of benzene rings is 1. The Labute approximate surface area is 117 Å². The third-order valence-corrected chi connectivity index (χ3v) is 4.19. The maximum Gasteiger partial charge on any atom is 0.573 e. The van der Waals surface area contributed by atoms with Gasteiger partial charge < -0.3 is 10.1 Å². The molecule has 2 nitrogen and oxygen atoms in total. The summed E-state index contributed by atoms with van der Waals surface area (Å²) < 4.78 is 40.0. The molecule has 3 atom stereocenters. The zero-order valence-electron chi connectivity index (χ0n) is 11.7. The van der Waals surface area contributed by atoms with Crippen LogP contribution in [0.5, 0.6) is 5.75 Å². The second kappa shape index (κ2) is 6.04. The smallest absolute Gasteiger partial charge is 0.406 e. The molecule has 1 fully saturated rings. The number of ether oxygens (including phenoxy) is 1. The molecule has 0 radical (unpaired) electrons. The maximum absolute atomic E-state index is 12.0. The first-order valence-corrected chi connectivity index (χ1v) is 6.93. The molecule has 112 valence electrons. The van der Waals surface area contributed by atoms with Gasteiger partial charge in [0.1, 0.15) is 5.75 Å². The Bertz CT molecular complexity index is 430. The van der Waals surface area contributed by atoms with Crippen molar-refractivity contribution in [3.05, 3.63) is 29.8 Å². The topological polar surface area (TPSA) is 21.3 Å². The van der Waals surface area contributed by atoms with Crippen LogP contribution >= 0.6 is 0 Å². The number of hydrogen-bond acceptors (Lipinski definition) is 2. The van der Waals surface area contributed by atoms with Gasteiger partial charge in [-0.05, 0) is 42.4 Å². The lowest BCUT2D eigenvalue weighted by atomic mass is 9.98. The van der Waals surface area contributed by atoms with E-state index in [9.17, 15) is 13.2 Å². The monoisotopic (exact) mass is 287 g/mol. The van der Waals surface area contributed by atoms with Crippen molar-refractivity contribution in [2.75, 3.05) is 0 Å². The second-order valence-corrected chi connectivity index (χ2v) is 5.59. The normalized spacial score (nSPS) is 26.8. The molecule has 3 unspecified atom stereocenters. The van der Waals surface area contributed by atoms with Crippen LogP contribution in [0.3, 0.4) is 0 Å². The Balaban J connectivity index is 1.85. The van der Waals surface area contributed by atoms with Crippen LogP contribution in [0.25, 0.3) is 0 Å². The van der Waals surface area contributed by atoms with E-state index < -0.39 is 6.36 Å². The lowest BCUT2D eigenvalue weighted by Gasteiger charge is -2.19. The van der Waals surface area contributed by atoms with Crippen molar-refractivity contribution in [1.29, 1.82) is 0 Å². The van der Waals surface area contributed by atoms with Gasteiger partial charge in [-0.2, -0.15) is 0 Å². The molecule has 0 spiro atoms. The van der Waals surface area contributed by atoms with E-state index in [1.54, 1.807) is 12.1 Å². The van der Waals surface area contributed by atoms with Gasteiger partial charge >= 0.3 is 6.36 Å². The molecule has 5 heteroatoms. The zero-order valence-corrected chi connectivity index (χ0v) is 11.7. The first-order chi connectivity index (χ1) is 9.35. The minimum absolute atomic E-state index is 0.177. The SMILES string of the molecule is CC1CCC(NCc2ccc(OC(F)(F)F)cc2)C1C. The number of rotatable bonds is 4. The largest absolute Gasteiger partial charge is 0.573 e. The molecule has 0 aliphatic heterocycles. The van der Waals surface area contributed by atoms with Crippen LogP contribution < -0.4 is 10.1 Å². The van der Waals surface area contributed by atoms with Gasteiger partial charge in [0.2, 0.25) is 0 Å². The van der Waals surface area contributed by atoms with Gasteiger partial charge in [0.15, 0.2) is 0 Å². The molecule has 0 amide bonds. The standard InChI is InChI=1S/C15H20F3NO/c1-10-3-8-14(11(10)2)19-9-12-4-6-13(7-5-12)20-15(16,17)18/h4-7,10-11,14,19H,3,8-9H2,1-2H3. The molecule has 0 bridgehead atoms. The van der Waals surface area contributed by atoms with Crippen molar-refractivity contribution < 1.29 is 17.9 Å². The Kier molecular flexibility index (Phi) is 4.58. The summed E-state index contributed by atoms with van der Waals surface area (Å²) in [5.41, 5.74) is 0.964. The summed E-state index contributed by atoms with van der Waals surface area (Å²) in [6.07, 6.45) is -2.23. The molecule has 2 rings (SSSR count). The summed E-state index contributed by atoms with van der Waals surface area (Å²) in [6.45, 7) is 5.18. The van der Waals surface area contributed by atoms with E-state index in [2.05, 4.69) is 23.9 Å². The van der Waals surface area contributed by atoms with Crippen molar-refractivity contribution >= 4 is 0 Å². The molecule has 1 N–H and O–H groups in total. The molecule has 0 heterocycles. The van der Waals surface area contributed by atoms with E-state index in [0.717, 1.165) is 17.9 Å². The predicted molar refractivity (Wildman–Crippen MR) is 71.3 cm³/mol. The van der Waals surface area contributed by atoms with E-state index >= 15 is 0 Å². The summed E-state index contributed by atoms with van der Waals surface area (Å²) in [4.78, 5) is 0. The fourth-order valence-corrected chi connectivity index (χ4v) is 2.71. The summed E-state index contributed by atoms with van der Waals surface area (Å²) in [6, 6.07) is 6.53. The molecule has 1 aromatic rings. The van der Waals surface area contributed by atoms with E-state index in [4.69, 9.17) is 0 Å². The molecule has 1 aromatic carbocycles. The highest BCUT2D eigenvalue weighted by atomic mass is 19.4. The minimum Gasteiger partial charge on any atom is -0.406 e. The molecule has 0 aromatic heterocycles. The first-order valence-electron chi connectivity index (χ1n) is 6.93. The van der Waals surface area contributed by atoms with Crippen LogP contribution in [-0.4, -0.2) is 12.4 Å². The Morgan fingerprint density at radius 3 is 2.30 bits per heavy atom. The summed E-state index contributed by atoms with van der Waals surface area (Å²) in [7, 11) is 0. The van der Waals surface area contributed by atoms with Gasteiger partial charge in [-0.1, -0.05) is 26.0 Å². The van der Waals surface area contributed by atoms with Gasteiger partial charge in [-0.15, -0.1) is 13.2 Å². The Hall–Kier alpha value is -1.23. The molecule has 20 heavy (non-hydrogen) atoms. The molecule has 1 aliphatic carbocycles. The van der Waals surface area contributed by atoms with Crippen molar-refractivity contribution in [3.63, 3.8) is 0 Å². The first kappa shape index (κ1) is 15.2. The van der Waals surface area contributed by atoms with E-state index in [1.807, 2.05) is 0 Å².